The molecule has 1 aliphatic heterocycles. The van der Waals surface area contributed by atoms with E-state index in [9.17, 15) is 30.3 Å². The summed E-state index contributed by atoms with van der Waals surface area (Å²) in [5.41, 5.74) is 0. The zero-order valence-corrected chi connectivity index (χ0v) is 34.7. The van der Waals surface area contributed by atoms with Crippen LogP contribution in [0.15, 0.2) is 60.8 Å². The van der Waals surface area contributed by atoms with Crippen molar-refractivity contribution in [3.8, 4) is 0 Å². The summed E-state index contributed by atoms with van der Waals surface area (Å²) in [6.07, 6.45) is 39.4. The first-order valence-electron chi connectivity index (χ1n) is 22.0. The Labute approximate surface area is 335 Å². The maximum atomic E-state index is 12.9. The number of carbonyl (C=O) groups is 1. The van der Waals surface area contributed by atoms with E-state index in [4.69, 9.17) is 9.47 Å². The smallest absolute Gasteiger partial charge is 0.220 e. The number of hydrogen-bond acceptors (Lipinski definition) is 8. The summed E-state index contributed by atoms with van der Waals surface area (Å²) in [5.74, 6) is -0.203. The molecular formula is C46H81NO8. The molecule has 0 radical (unpaired) electrons. The largest absolute Gasteiger partial charge is 0.394 e. The Hall–Kier alpha value is -2.11. The molecule has 1 heterocycles. The van der Waals surface area contributed by atoms with Crippen LogP contribution in [-0.2, 0) is 14.3 Å². The lowest BCUT2D eigenvalue weighted by molar-refractivity contribution is -0.302. The van der Waals surface area contributed by atoms with Gasteiger partial charge in [-0.05, 0) is 51.4 Å². The van der Waals surface area contributed by atoms with Crippen LogP contribution >= 0.6 is 0 Å². The monoisotopic (exact) mass is 776 g/mol. The van der Waals surface area contributed by atoms with Gasteiger partial charge in [-0.1, -0.05) is 171 Å². The van der Waals surface area contributed by atoms with Crippen LogP contribution in [0.3, 0.4) is 0 Å². The Morgan fingerprint density at radius 3 is 1.60 bits per heavy atom. The van der Waals surface area contributed by atoms with Crippen LogP contribution in [0, 0.1) is 0 Å². The standard InChI is InChI=1S/C46H81NO8/c1-3-5-7-9-11-13-15-17-19-20-22-24-26-28-30-32-34-36-42(50)47-39(38-54-46-45(53)44(52)43(51)41(37-48)55-46)40(49)35-33-31-29-27-25-23-21-18-16-14-12-10-8-6-4-2/h5,7,11,13,17,19,22,24,28,30,39-41,43-46,48-49,51-53H,3-4,6,8-10,12,14-16,18,20-21,23,25-27,29,31-38H2,1-2H3,(H,47,50)/b7-5-,13-11-,19-17-,24-22-,30-28-. The highest BCUT2D eigenvalue weighted by atomic mass is 16.7. The molecule has 1 aliphatic rings. The molecule has 0 aromatic carbocycles. The van der Waals surface area contributed by atoms with Gasteiger partial charge in [-0.25, -0.2) is 0 Å². The fourth-order valence-corrected chi connectivity index (χ4v) is 6.61. The van der Waals surface area contributed by atoms with Crippen molar-refractivity contribution in [3.63, 3.8) is 0 Å². The van der Waals surface area contributed by atoms with Crippen LogP contribution in [0.5, 0.6) is 0 Å². The van der Waals surface area contributed by atoms with Crippen molar-refractivity contribution < 1.29 is 39.8 Å². The van der Waals surface area contributed by atoms with Gasteiger partial charge in [-0.3, -0.25) is 4.79 Å². The highest BCUT2D eigenvalue weighted by Gasteiger charge is 2.44. The molecule has 0 aromatic heterocycles. The van der Waals surface area contributed by atoms with Gasteiger partial charge >= 0.3 is 0 Å². The van der Waals surface area contributed by atoms with Crippen LogP contribution in [0.2, 0.25) is 0 Å². The molecule has 1 amide bonds. The average molecular weight is 776 g/mol. The molecule has 0 bridgehead atoms. The lowest BCUT2D eigenvalue weighted by Gasteiger charge is -2.40. The summed E-state index contributed by atoms with van der Waals surface area (Å²) < 4.78 is 11.2. The number of aliphatic hydroxyl groups excluding tert-OH is 5. The number of rotatable bonds is 35. The molecule has 9 heteroatoms. The molecule has 1 saturated heterocycles. The van der Waals surface area contributed by atoms with E-state index in [0.717, 1.165) is 57.8 Å². The Morgan fingerprint density at radius 1 is 0.636 bits per heavy atom. The zero-order valence-electron chi connectivity index (χ0n) is 34.7. The summed E-state index contributed by atoms with van der Waals surface area (Å²) in [7, 11) is 0. The van der Waals surface area contributed by atoms with Crippen LogP contribution in [0.1, 0.15) is 168 Å². The van der Waals surface area contributed by atoms with Crippen LogP contribution in [-0.4, -0.2) is 87.5 Å². The molecule has 1 fully saturated rings. The minimum absolute atomic E-state index is 0.164. The number of nitrogens with one attached hydrogen (secondary N) is 1. The maximum Gasteiger partial charge on any atom is 0.220 e. The quantitative estimate of drug-likeness (QED) is 0.0277. The number of hydrogen-bond donors (Lipinski definition) is 6. The predicted octanol–water partition coefficient (Wildman–Crippen LogP) is 8.83. The van der Waals surface area contributed by atoms with E-state index in [0.29, 0.717) is 12.8 Å². The molecule has 6 N–H and O–H groups in total. The molecule has 318 valence electrons. The molecule has 9 nitrogen and oxygen atoms in total. The van der Waals surface area contributed by atoms with E-state index >= 15 is 0 Å². The lowest BCUT2D eigenvalue weighted by atomic mass is 9.99. The SMILES string of the molecule is CC/C=C\C/C=C\C/C=C\C/C=C\C/C=C\CCCC(=O)NC(COC1OC(CO)C(O)C(O)C1O)C(O)CCCCCCCCCCCCCCCCC. The topological polar surface area (TPSA) is 149 Å². The van der Waals surface area contributed by atoms with Crippen molar-refractivity contribution in [2.24, 2.45) is 0 Å². The summed E-state index contributed by atoms with van der Waals surface area (Å²) >= 11 is 0. The van der Waals surface area contributed by atoms with Crippen molar-refractivity contribution >= 4 is 5.91 Å². The first-order valence-corrected chi connectivity index (χ1v) is 22.0. The summed E-state index contributed by atoms with van der Waals surface area (Å²) in [6.45, 7) is 3.67. The molecule has 0 aromatic rings. The highest BCUT2D eigenvalue weighted by molar-refractivity contribution is 5.76. The minimum atomic E-state index is -1.56. The van der Waals surface area contributed by atoms with E-state index < -0.39 is 49.5 Å². The molecule has 7 unspecified atom stereocenters. The van der Waals surface area contributed by atoms with Gasteiger partial charge in [0, 0.05) is 6.42 Å². The van der Waals surface area contributed by atoms with Gasteiger partial charge in [0.25, 0.3) is 0 Å². The number of allylic oxidation sites excluding steroid dienone is 10. The second kappa shape index (κ2) is 36.2. The van der Waals surface area contributed by atoms with Gasteiger partial charge < -0.3 is 40.3 Å². The molecule has 55 heavy (non-hydrogen) atoms. The summed E-state index contributed by atoms with van der Waals surface area (Å²) in [6, 6.07) is -0.750. The third-order valence-corrected chi connectivity index (χ3v) is 10.1. The molecule has 0 spiro atoms. The normalized spacial score (nSPS) is 21.9. The zero-order chi connectivity index (χ0) is 40.2. The third-order valence-electron chi connectivity index (χ3n) is 10.1. The van der Waals surface area contributed by atoms with Gasteiger partial charge in [-0.15, -0.1) is 0 Å². The molecule has 0 saturated carbocycles. The van der Waals surface area contributed by atoms with E-state index in [-0.39, 0.29) is 18.9 Å². The average Bonchev–Trinajstić information content (AvgIpc) is 3.18. The van der Waals surface area contributed by atoms with Crippen LogP contribution in [0.4, 0.5) is 0 Å². The van der Waals surface area contributed by atoms with Crippen molar-refractivity contribution in [1.82, 2.24) is 5.32 Å². The first-order chi connectivity index (χ1) is 26.8. The second-order valence-electron chi connectivity index (χ2n) is 15.1. The molecule has 1 rings (SSSR count). The Morgan fingerprint density at radius 2 is 1.11 bits per heavy atom. The van der Waals surface area contributed by atoms with Crippen LogP contribution in [0.25, 0.3) is 0 Å². The second-order valence-corrected chi connectivity index (χ2v) is 15.1. The van der Waals surface area contributed by atoms with Gasteiger partial charge in [0.1, 0.15) is 24.4 Å². The Bertz CT molecular complexity index is 1040. The van der Waals surface area contributed by atoms with E-state index in [1.807, 2.05) is 0 Å². The maximum absolute atomic E-state index is 12.9. The van der Waals surface area contributed by atoms with Crippen LogP contribution < -0.4 is 5.32 Å². The number of ether oxygens (including phenoxy) is 2. The van der Waals surface area contributed by atoms with Crippen molar-refractivity contribution in [2.75, 3.05) is 13.2 Å². The predicted molar refractivity (Wildman–Crippen MR) is 226 cm³/mol. The number of aliphatic hydroxyl groups is 5. The van der Waals surface area contributed by atoms with Crippen molar-refractivity contribution in [2.45, 2.75) is 211 Å². The third kappa shape index (κ3) is 27.2. The number of unbranched alkanes of at least 4 members (excludes halogenated alkanes) is 15. The Balaban J connectivity index is 2.41. The van der Waals surface area contributed by atoms with Crippen molar-refractivity contribution in [3.05, 3.63) is 60.8 Å². The number of amides is 1. The van der Waals surface area contributed by atoms with Crippen molar-refractivity contribution in [1.29, 1.82) is 0 Å². The van der Waals surface area contributed by atoms with Gasteiger partial charge in [0.15, 0.2) is 6.29 Å². The molecule has 7 atom stereocenters. The number of carbonyl (C=O) groups excluding carboxylic acids is 1. The fourth-order valence-electron chi connectivity index (χ4n) is 6.61. The first kappa shape index (κ1) is 50.9. The fraction of sp³-hybridized carbons (Fsp3) is 0.761. The Kier molecular flexibility index (Phi) is 33.5. The molecular weight excluding hydrogens is 695 g/mol. The van der Waals surface area contributed by atoms with E-state index in [1.54, 1.807) is 0 Å². The lowest BCUT2D eigenvalue weighted by Crippen LogP contribution is -2.60. The summed E-state index contributed by atoms with van der Waals surface area (Å²) in [5, 5.41) is 54.2. The van der Waals surface area contributed by atoms with Gasteiger partial charge in [0.05, 0.1) is 25.4 Å². The van der Waals surface area contributed by atoms with Gasteiger partial charge in [0.2, 0.25) is 5.91 Å². The van der Waals surface area contributed by atoms with E-state index in [2.05, 4.69) is 79.9 Å². The summed E-state index contributed by atoms with van der Waals surface area (Å²) in [4.78, 5) is 12.9. The molecule has 0 aliphatic carbocycles. The van der Waals surface area contributed by atoms with E-state index in [1.165, 1.54) is 77.0 Å². The minimum Gasteiger partial charge on any atom is -0.394 e. The highest BCUT2D eigenvalue weighted by Crippen LogP contribution is 2.23. The van der Waals surface area contributed by atoms with Gasteiger partial charge in [-0.2, -0.15) is 0 Å².